The summed E-state index contributed by atoms with van der Waals surface area (Å²) in [4.78, 5) is 14.1. The molecule has 0 unspecified atom stereocenters. The molecule has 1 fully saturated rings. The molecule has 2 heterocycles. The monoisotopic (exact) mass is 297 g/mol. The van der Waals surface area contributed by atoms with Gasteiger partial charge in [0.1, 0.15) is 0 Å². The highest BCUT2D eigenvalue weighted by atomic mass is 32.1. The van der Waals surface area contributed by atoms with Crippen molar-refractivity contribution < 1.29 is 18.3 Å². The Balaban J connectivity index is 1.78. The molecule has 1 aromatic carbocycles. The molecule has 6 heteroatoms. The third-order valence-corrected chi connectivity index (χ3v) is 4.40. The van der Waals surface area contributed by atoms with E-state index in [9.17, 15) is 13.6 Å². The topological polar surface area (TPSA) is 29.5 Å². The van der Waals surface area contributed by atoms with Crippen LogP contribution in [0.3, 0.4) is 0 Å². The maximum atomic E-state index is 12.5. The largest absolute Gasteiger partial charge is 0.345 e. The number of likely N-dealkylation sites (tertiary alicyclic amines) is 1. The Hall–Kier alpha value is -1.53. The minimum Gasteiger partial charge on any atom is -0.336 e. The number of benzene rings is 1. The molecule has 1 aromatic heterocycles. The van der Waals surface area contributed by atoms with Gasteiger partial charge in [-0.05, 0) is 29.3 Å². The van der Waals surface area contributed by atoms with Crippen molar-refractivity contribution in [1.82, 2.24) is 4.90 Å². The number of carbonyl (C=O) groups excluding carboxylic acids is 1. The highest BCUT2D eigenvalue weighted by molar-refractivity contribution is 7.17. The van der Waals surface area contributed by atoms with Gasteiger partial charge in [-0.15, -0.1) is 11.3 Å². The van der Waals surface area contributed by atoms with Crippen LogP contribution in [-0.2, 0) is 4.74 Å². The van der Waals surface area contributed by atoms with Crippen molar-refractivity contribution in [3.63, 3.8) is 0 Å². The molecule has 106 valence electrons. The van der Waals surface area contributed by atoms with Gasteiger partial charge in [0.15, 0.2) is 0 Å². The maximum Gasteiger partial charge on any atom is 0.345 e. The van der Waals surface area contributed by atoms with Gasteiger partial charge in [-0.3, -0.25) is 4.79 Å². The number of ether oxygens (including phenoxy) is 1. The first kappa shape index (κ1) is 13.5. The highest BCUT2D eigenvalue weighted by Crippen LogP contribution is 2.27. The van der Waals surface area contributed by atoms with E-state index in [-0.39, 0.29) is 12.5 Å². The molecule has 0 bridgehead atoms. The third kappa shape index (κ3) is 2.53. The van der Waals surface area contributed by atoms with E-state index in [0.717, 1.165) is 10.1 Å². The van der Waals surface area contributed by atoms with Gasteiger partial charge in [0.05, 0.1) is 11.7 Å². The average Bonchev–Trinajstić information content (AvgIpc) is 3.05. The number of thiophene rings is 1. The zero-order valence-electron chi connectivity index (χ0n) is 10.6. The predicted octanol–water partition coefficient (Wildman–Crippen LogP) is 3.36. The summed E-state index contributed by atoms with van der Waals surface area (Å²) in [6.07, 6.45) is -0.113. The molecule has 3 rings (SSSR count). The predicted molar refractivity (Wildman–Crippen MR) is 73.2 cm³/mol. The van der Waals surface area contributed by atoms with Crippen LogP contribution in [0.5, 0.6) is 0 Å². The van der Waals surface area contributed by atoms with Crippen LogP contribution in [0.4, 0.5) is 8.78 Å². The second-order valence-corrected chi connectivity index (χ2v) is 5.62. The summed E-state index contributed by atoms with van der Waals surface area (Å²) in [7, 11) is 0. The summed E-state index contributed by atoms with van der Waals surface area (Å²) in [6, 6.07) is 7.53. The fourth-order valence-electron chi connectivity index (χ4n) is 2.50. The Morgan fingerprint density at radius 3 is 3.05 bits per heavy atom. The molecule has 0 spiro atoms. The molecular weight excluding hydrogens is 284 g/mol. The third-order valence-electron chi connectivity index (χ3n) is 3.44. The van der Waals surface area contributed by atoms with Crippen molar-refractivity contribution >= 4 is 27.3 Å². The molecular formula is C14H13F2NO2S. The summed E-state index contributed by atoms with van der Waals surface area (Å²) >= 11 is 1.51. The zero-order valence-corrected chi connectivity index (χ0v) is 11.4. The van der Waals surface area contributed by atoms with Crippen LogP contribution in [0, 0.1) is 0 Å². The van der Waals surface area contributed by atoms with Crippen molar-refractivity contribution in [3.8, 4) is 0 Å². The summed E-state index contributed by atoms with van der Waals surface area (Å²) in [6.45, 7) is -2.10. The Bertz CT molecular complexity index is 628. The number of hydrogen-bond donors (Lipinski definition) is 0. The van der Waals surface area contributed by atoms with Crippen LogP contribution >= 0.6 is 11.3 Å². The van der Waals surface area contributed by atoms with E-state index in [1.807, 2.05) is 23.6 Å². The molecule has 1 aliphatic rings. The van der Waals surface area contributed by atoms with Crippen LogP contribution in [0.2, 0.25) is 0 Å². The number of carbonyl (C=O) groups is 1. The van der Waals surface area contributed by atoms with Gasteiger partial charge in [-0.25, -0.2) is 0 Å². The Morgan fingerprint density at radius 1 is 1.40 bits per heavy atom. The van der Waals surface area contributed by atoms with E-state index in [4.69, 9.17) is 0 Å². The molecule has 20 heavy (non-hydrogen) atoms. The molecule has 1 amide bonds. The van der Waals surface area contributed by atoms with Gasteiger partial charge in [0.25, 0.3) is 5.91 Å². The first-order valence-electron chi connectivity index (χ1n) is 6.34. The summed E-state index contributed by atoms with van der Waals surface area (Å²) in [5.41, 5.74) is 0.634. The molecule has 1 atom stereocenters. The fraction of sp³-hybridized carbons (Fsp3) is 0.357. The number of alkyl halides is 2. The zero-order chi connectivity index (χ0) is 14.1. The van der Waals surface area contributed by atoms with Gasteiger partial charge in [0.2, 0.25) is 0 Å². The normalized spacial score (nSPS) is 19.1. The highest BCUT2D eigenvalue weighted by Gasteiger charge is 2.30. The molecule has 2 aromatic rings. The molecule has 0 N–H and O–H groups in total. The second-order valence-electron chi connectivity index (χ2n) is 4.70. The minimum atomic E-state index is -2.78. The first-order valence-corrected chi connectivity index (χ1v) is 7.22. The minimum absolute atomic E-state index is 0.113. The maximum absolute atomic E-state index is 12.5. The lowest BCUT2D eigenvalue weighted by Gasteiger charge is -2.17. The van der Waals surface area contributed by atoms with Crippen LogP contribution in [0.1, 0.15) is 16.8 Å². The molecule has 1 aliphatic heterocycles. The number of nitrogens with zero attached hydrogens (tertiary/aromatic N) is 1. The lowest BCUT2D eigenvalue weighted by atomic mass is 10.1. The van der Waals surface area contributed by atoms with Gasteiger partial charge in [-0.2, -0.15) is 8.78 Å². The van der Waals surface area contributed by atoms with Crippen LogP contribution in [0.15, 0.2) is 29.6 Å². The molecule has 3 nitrogen and oxygen atoms in total. The van der Waals surface area contributed by atoms with Crippen molar-refractivity contribution in [1.29, 1.82) is 0 Å². The second kappa shape index (κ2) is 5.46. The van der Waals surface area contributed by atoms with Crippen molar-refractivity contribution in [2.75, 3.05) is 13.1 Å². The number of amides is 1. The van der Waals surface area contributed by atoms with E-state index in [1.54, 1.807) is 11.0 Å². The van der Waals surface area contributed by atoms with E-state index in [2.05, 4.69) is 4.74 Å². The van der Waals surface area contributed by atoms with Crippen molar-refractivity contribution in [2.45, 2.75) is 19.1 Å². The molecule has 1 saturated heterocycles. The molecule has 0 saturated carbocycles. The smallest absolute Gasteiger partial charge is 0.336 e. The number of rotatable bonds is 3. The van der Waals surface area contributed by atoms with Crippen molar-refractivity contribution in [3.05, 3.63) is 35.2 Å². The van der Waals surface area contributed by atoms with E-state index >= 15 is 0 Å². The lowest BCUT2D eigenvalue weighted by Crippen LogP contribution is -2.30. The summed E-state index contributed by atoms with van der Waals surface area (Å²) < 4.78 is 29.8. The Kier molecular flexibility index (Phi) is 3.67. The summed E-state index contributed by atoms with van der Waals surface area (Å²) in [5.74, 6) is -0.113. The average molecular weight is 297 g/mol. The molecule has 0 aliphatic carbocycles. The van der Waals surface area contributed by atoms with Gasteiger partial charge in [-0.1, -0.05) is 12.1 Å². The number of halogens is 2. The van der Waals surface area contributed by atoms with Gasteiger partial charge < -0.3 is 9.64 Å². The number of hydrogen-bond acceptors (Lipinski definition) is 3. The van der Waals surface area contributed by atoms with E-state index < -0.39 is 12.7 Å². The lowest BCUT2D eigenvalue weighted by molar-refractivity contribution is -0.158. The van der Waals surface area contributed by atoms with Gasteiger partial charge >= 0.3 is 6.61 Å². The quantitative estimate of drug-likeness (QED) is 0.869. The SMILES string of the molecule is O=C(c1cccc2ccsc12)N1CC[C@H](OC(F)F)C1. The van der Waals surface area contributed by atoms with Crippen LogP contribution < -0.4 is 0 Å². The number of fused-ring (bicyclic) bond motifs is 1. The summed E-state index contributed by atoms with van der Waals surface area (Å²) in [5, 5.41) is 2.97. The standard InChI is InChI=1S/C14H13F2NO2S/c15-14(16)19-10-4-6-17(8-10)13(18)11-3-1-2-9-5-7-20-12(9)11/h1-3,5,7,10,14H,4,6,8H2/t10-/m0/s1. The fourth-order valence-corrected chi connectivity index (χ4v) is 3.41. The molecule has 0 radical (unpaired) electrons. The van der Waals surface area contributed by atoms with Crippen LogP contribution in [0.25, 0.3) is 10.1 Å². The van der Waals surface area contributed by atoms with Crippen LogP contribution in [-0.4, -0.2) is 36.6 Å². The van der Waals surface area contributed by atoms with E-state index in [0.29, 0.717) is 18.5 Å². The Morgan fingerprint density at radius 2 is 2.25 bits per heavy atom. The van der Waals surface area contributed by atoms with E-state index in [1.165, 1.54) is 11.3 Å². The van der Waals surface area contributed by atoms with Crippen molar-refractivity contribution in [2.24, 2.45) is 0 Å². The first-order chi connectivity index (χ1) is 9.65. The Labute approximate surface area is 118 Å². The van der Waals surface area contributed by atoms with Gasteiger partial charge in [0, 0.05) is 17.8 Å².